The highest BCUT2D eigenvalue weighted by molar-refractivity contribution is 5.23. The summed E-state index contributed by atoms with van der Waals surface area (Å²) in [5, 5.41) is 10.1. The average Bonchev–Trinajstić information content (AvgIpc) is 2.38. The molecule has 7 heteroatoms. The predicted octanol–water partition coefficient (Wildman–Crippen LogP) is -0.516. The molecule has 0 aliphatic heterocycles. The summed E-state index contributed by atoms with van der Waals surface area (Å²) in [7, 11) is 3.13. The van der Waals surface area contributed by atoms with Crippen LogP contribution in [0.2, 0.25) is 0 Å². The van der Waals surface area contributed by atoms with Crippen molar-refractivity contribution in [2.45, 2.75) is 25.7 Å². The van der Waals surface area contributed by atoms with Crippen molar-refractivity contribution >= 4 is 5.82 Å². The molecule has 0 spiro atoms. The van der Waals surface area contributed by atoms with Gasteiger partial charge in [-0.3, -0.25) is 4.57 Å². The lowest BCUT2D eigenvalue weighted by atomic mass is 9.98. The van der Waals surface area contributed by atoms with Crippen molar-refractivity contribution in [1.29, 1.82) is 0 Å². The third kappa shape index (κ3) is 4.30. The lowest BCUT2D eigenvalue weighted by molar-refractivity contribution is -0.0475. The fourth-order valence-electron chi connectivity index (χ4n) is 1.80. The third-order valence-corrected chi connectivity index (χ3v) is 3.11. The van der Waals surface area contributed by atoms with Crippen molar-refractivity contribution in [3.63, 3.8) is 0 Å². The quantitative estimate of drug-likeness (QED) is 0.692. The number of aromatic nitrogens is 2. The van der Waals surface area contributed by atoms with Crippen LogP contribution < -0.4 is 11.4 Å². The van der Waals surface area contributed by atoms with Crippen LogP contribution in [0.4, 0.5) is 5.82 Å². The van der Waals surface area contributed by atoms with Gasteiger partial charge in [0.25, 0.3) is 0 Å². The van der Waals surface area contributed by atoms with Crippen LogP contribution in [0.25, 0.3) is 0 Å². The molecule has 0 saturated heterocycles. The number of methoxy groups -OCH3 is 2. The van der Waals surface area contributed by atoms with Crippen molar-refractivity contribution < 1.29 is 14.6 Å². The highest BCUT2D eigenvalue weighted by Gasteiger charge is 2.24. The number of nitrogens with two attached hydrogens (primary N) is 1. The van der Waals surface area contributed by atoms with Gasteiger partial charge in [-0.1, -0.05) is 6.92 Å². The lowest BCUT2D eigenvalue weighted by Crippen LogP contribution is -2.38. The number of aliphatic hydroxyl groups excluding tert-OH is 1. The molecule has 1 rings (SSSR count). The molecule has 0 aromatic carbocycles. The fourth-order valence-corrected chi connectivity index (χ4v) is 1.80. The van der Waals surface area contributed by atoms with Crippen molar-refractivity contribution in [3.8, 4) is 0 Å². The van der Waals surface area contributed by atoms with Gasteiger partial charge in [0, 0.05) is 26.3 Å². The molecule has 0 amide bonds. The second-order valence-electron chi connectivity index (χ2n) is 4.44. The Kier molecular flexibility index (Phi) is 5.94. The maximum absolute atomic E-state index is 11.6. The molecule has 1 aromatic heterocycles. The molecule has 1 aromatic rings. The van der Waals surface area contributed by atoms with Crippen LogP contribution in [0.15, 0.2) is 17.1 Å². The molecule has 19 heavy (non-hydrogen) atoms. The van der Waals surface area contributed by atoms with Crippen LogP contribution in [0.3, 0.4) is 0 Å². The van der Waals surface area contributed by atoms with E-state index in [2.05, 4.69) is 4.98 Å². The molecule has 0 aliphatic carbocycles. The number of anilines is 1. The van der Waals surface area contributed by atoms with E-state index in [1.54, 1.807) is 14.2 Å². The number of nitrogens with zero attached hydrogens (tertiary/aromatic N) is 2. The Morgan fingerprint density at radius 2 is 2.21 bits per heavy atom. The number of nitrogen functional groups attached to an aromatic ring is 1. The molecule has 0 saturated carbocycles. The van der Waals surface area contributed by atoms with Gasteiger partial charge < -0.3 is 20.3 Å². The topological polar surface area (TPSA) is 99.6 Å². The first-order chi connectivity index (χ1) is 8.99. The standard InChI is InChI=1S/C12H21N3O4/c1-8(10(19-3)7-18-2)9(16)6-15-5-4-11(13)14-12(15)17/h4-5,8-10,16H,6-7H2,1-3H3,(H2,13,14,17). The number of hydrogen-bond donors (Lipinski definition) is 2. The van der Waals surface area contributed by atoms with Crippen molar-refractivity contribution in [2.75, 3.05) is 26.6 Å². The maximum atomic E-state index is 11.6. The molecule has 1 heterocycles. The van der Waals surface area contributed by atoms with Gasteiger partial charge in [0.15, 0.2) is 0 Å². The first-order valence-corrected chi connectivity index (χ1v) is 6.02. The van der Waals surface area contributed by atoms with Gasteiger partial charge in [0.1, 0.15) is 5.82 Å². The smallest absolute Gasteiger partial charge is 0.349 e. The second-order valence-corrected chi connectivity index (χ2v) is 4.44. The van der Waals surface area contributed by atoms with Crippen LogP contribution in [0.1, 0.15) is 6.92 Å². The minimum Gasteiger partial charge on any atom is -0.391 e. The van der Waals surface area contributed by atoms with Crippen LogP contribution >= 0.6 is 0 Å². The Labute approximate surface area is 112 Å². The van der Waals surface area contributed by atoms with Gasteiger partial charge in [-0.05, 0) is 6.07 Å². The SMILES string of the molecule is COCC(OC)C(C)C(O)Cn1ccc(N)nc1=O. The summed E-state index contributed by atoms with van der Waals surface area (Å²) in [6, 6.07) is 1.52. The third-order valence-electron chi connectivity index (χ3n) is 3.11. The summed E-state index contributed by atoms with van der Waals surface area (Å²) >= 11 is 0. The molecule has 7 nitrogen and oxygen atoms in total. The van der Waals surface area contributed by atoms with Crippen molar-refractivity contribution in [2.24, 2.45) is 5.92 Å². The summed E-state index contributed by atoms with van der Waals surface area (Å²) in [5.41, 5.74) is 4.92. The van der Waals surface area contributed by atoms with E-state index in [0.29, 0.717) is 6.61 Å². The van der Waals surface area contributed by atoms with Crippen molar-refractivity contribution in [1.82, 2.24) is 9.55 Å². The summed E-state index contributed by atoms with van der Waals surface area (Å²) in [5.74, 6) is -0.0210. The minimum absolute atomic E-state index is 0.136. The first-order valence-electron chi connectivity index (χ1n) is 6.02. The molecule has 0 bridgehead atoms. The Hall–Kier alpha value is -1.44. The van der Waals surface area contributed by atoms with E-state index in [0.717, 1.165) is 0 Å². The molecule has 3 unspecified atom stereocenters. The average molecular weight is 271 g/mol. The number of ether oxygens (including phenoxy) is 2. The van der Waals surface area contributed by atoms with Crippen LogP contribution in [-0.2, 0) is 16.0 Å². The molecular weight excluding hydrogens is 250 g/mol. The fraction of sp³-hybridized carbons (Fsp3) is 0.667. The zero-order chi connectivity index (χ0) is 14.4. The predicted molar refractivity (Wildman–Crippen MR) is 70.8 cm³/mol. The van der Waals surface area contributed by atoms with Gasteiger partial charge in [-0.2, -0.15) is 4.98 Å². The van der Waals surface area contributed by atoms with Gasteiger partial charge >= 0.3 is 5.69 Å². The molecule has 3 atom stereocenters. The monoisotopic (exact) mass is 271 g/mol. The molecule has 3 N–H and O–H groups in total. The summed E-state index contributed by atoms with van der Waals surface area (Å²) in [6.45, 7) is 2.36. The minimum atomic E-state index is -0.747. The van der Waals surface area contributed by atoms with Gasteiger partial charge in [-0.15, -0.1) is 0 Å². The number of aliphatic hydroxyl groups is 1. The lowest BCUT2D eigenvalue weighted by Gasteiger charge is -2.26. The maximum Gasteiger partial charge on any atom is 0.349 e. The Bertz CT molecular complexity index is 449. The van der Waals surface area contributed by atoms with E-state index in [4.69, 9.17) is 15.2 Å². The Morgan fingerprint density at radius 1 is 1.53 bits per heavy atom. The van der Waals surface area contributed by atoms with Gasteiger partial charge in [0.2, 0.25) is 0 Å². The highest BCUT2D eigenvalue weighted by Crippen LogP contribution is 2.13. The Morgan fingerprint density at radius 3 is 2.74 bits per heavy atom. The van der Waals surface area contributed by atoms with Gasteiger partial charge in [0.05, 0.1) is 25.4 Å². The largest absolute Gasteiger partial charge is 0.391 e. The molecule has 0 aliphatic rings. The van der Waals surface area contributed by atoms with Crippen LogP contribution in [-0.4, -0.2) is 47.7 Å². The summed E-state index contributed by atoms with van der Waals surface area (Å²) < 4.78 is 11.6. The second kappa shape index (κ2) is 7.22. The number of rotatable bonds is 7. The zero-order valence-electron chi connectivity index (χ0n) is 11.4. The van der Waals surface area contributed by atoms with Crippen LogP contribution in [0, 0.1) is 5.92 Å². The number of hydrogen-bond acceptors (Lipinski definition) is 6. The summed E-state index contributed by atoms with van der Waals surface area (Å²) in [4.78, 5) is 15.2. The molecular formula is C12H21N3O4. The Balaban J connectivity index is 2.72. The normalized spacial score (nSPS) is 16.0. The highest BCUT2D eigenvalue weighted by atomic mass is 16.5. The summed E-state index contributed by atoms with van der Waals surface area (Å²) in [6.07, 6.45) is 0.527. The van der Waals surface area contributed by atoms with Crippen LogP contribution in [0.5, 0.6) is 0 Å². The van der Waals surface area contributed by atoms with E-state index in [1.807, 2.05) is 6.92 Å². The zero-order valence-corrected chi connectivity index (χ0v) is 11.4. The van der Waals surface area contributed by atoms with E-state index in [9.17, 15) is 9.90 Å². The first kappa shape index (κ1) is 15.6. The van der Waals surface area contributed by atoms with E-state index in [-0.39, 0.29) is 24.4 Å². The molecule has 0 radical (unpaired) electrons. The van der Waals surface area contributed by atoms with Gasteiger partial charge in [-0.25, -0.2) is 4.79 Å². The van der Waals surface area contributed by atoms with E-state index >= 15 is 0 Å². The molecule has 0 fully saturated rings. The van der Waals surface area contributed by atoms with E-state index < -0.39 is 11.8 Å². The van der Waals surface area contributed by atoms with E-state index in [1.165, 1.54) is 16.8 Å². The molecule has 108 valence electrons. The van der Waals surface area contributed by atoms with Crippen molar-refractivity contribution in [3.05, 3.63) is 22.7 Å².